The molecule has 2 aromatic heterocycles. The van der Waals surface area contributed by atoms with Crippen LogP contribution in [0.4, 0.5) is 13.2 Å². The summed E-state index contributed by atoms with van der Waals surface area (Å²) in [7, 11) is 1.85. The van der Waals surface area contributed by atoms with E-state index in [9.17, 15) is 13.2 Å². The highest BCUT2D eigenvalue weighted by Gasteiger charge is 2.30. The molecular weight excluding hydrogens is 323 g/mol. The fraction of sp³-hybridized carbons (Fsp3) is 0.400. The van der Waals surface area contributed by atoms with E-state index in [4.69, 9.17) is 4.52 Å². The topological polar surface area (TPSA) is 70.8 Å². The van der Waals surface area contributed by atoms with E-state index >= 15 is 0 Å². The smallest absolute Gasteiger partial charge is 0.341 e. The van der Waals surface area contributed by atoms with Crippen LogP contribution in [0, 0.1) is 6.92 Å². The van der Waals surface area contributed by atoms with Gasteiger partial charge < -0.3 is 9.51 Å². The van der Waals surface area contributed by atoms with Crippen LogP contribution in [0.2, 0.25) is 0 Å². The largest absolute Gasteiger partial charge is 0.416 e. The van der Waals surface area contributed by atoms with Gasteiger partial charge in [0.15, 0.2) is 5.82 Å². The Balaban J connectivity index is 1.79. The summed E-state index contributed by atoms with van der Waals surface area (Å²) in [5.74, 6) is 1.60. The lowest BCUT2D eigenvalue weighted by atomic mass is 10.2. The minimum absolute atomic E-state index is 0.124. The third-order valence-corrected chi connectivity index (χ3v) is 3.84. The number of aryl methyl sites for hydroxylation is 1. The standard InChI is InChI=1S/C15H16F3N5O/c1-8(14-19-9(2)24-22-14)23(3)7-13-20-11-5-4-10(15(16,17)18)6-12(11)21-13/h4-6,8H,7H2,1-3H3,(H,20,21). The van der Waals surface area contributed by atoms with Gasteiger partial charge in [-0.05, 0) is 32.2 Å². The molecule has 0 aliphatic rings. The molecule has 0 saturated carbocycles. The Morgan fingerprint density at radius 1 is 1.29 bits per heavy atom. The Hall–Kier alpha value is -2.42. The van der Waals surface area contributed by atoms with Crippen molar-refractivity contribution in [1.29, 1.82) is 0 Å². The van der Waals surface area contributed by atoms with Gasteiger partial charge in [-0.3, -0.25) is 4.90 Å². The average molecular weight is 339 g/mol. The molecule has 0 radical (unpaired) electrons. The van der Waals surface area contributed by atoms with Crippen molar-refractivity contribution >= 4 is 11.0 Å². The second-order valence-electron chi connectivity index (χ2n) is 5.68. The second-order valence-corrected chi connectivity index (χ2v) is 5.68. The van der Waals surface area contributed by atoms with E-state index < -0.39 is 11.7 Å². The SMILES string of the molecule is Cc1nc(C(C)N(C)Cc2nc3ccc(C(F)(F)F)cc3[nH]2)no1. The van der Waals surface area contributed by atoms with E-state index in [2.05, 4.69) is 20.1 Å². The summed E-state index contributed by atoms with van der Waals surface area (Å²) in [5.41, 5.74) is 0.153. The van der Waals surface area contributed by atoms with Crippen LogP contribution in [0.15, 0.2) is 22.7 Å². The van der Waals surface area contributed by atoms with Crippen molar-refractivity contribution in [3.8, 4) is 0 Å². The van der Waals surface area contributed by atoms with E-state index in [1.807, 2.05) is 18.9 Å². The number of H-pyrrole nitrogens is 1. The van der Waals surface area contributed by atoms with Crippen LogP contribution in [-0.4, -0.2) is 32.1 Å². The summed E-state index contributed by atoms with van der Waals surface area (Å²) in [4.78, 5) is 13.4. The monoisotopic (exact) mass is 339 g/mol. The zero-order valence-corrected chi connectivity index (χ0v) is 13.3. The maximum absolute atomic E-state index is 12.8. The first-order valence-corrected chi connectivity index (χ1v) is 7.30. The molecule has 3 aromatic rings. The van der Waals surface area contributed by atoms with Gasteiger partial charge in [-0.15, -0.1) is 0 Å². The van der Waals surface area contributed by atoms with E-state index in [0.29, 0.717) is 35.1 Å². The number of rotatable bonds is 4. The molecule has 0 amide bonds. The Kier molecular flexibility index (Phi) is 4.04. The van der Waals surface area contributed by atoms with Gasteiger partial charge in [0.05, 0.1) is 29.2 Å². The molecule has 1 unspecified atom stereocenters. The first kappa shape index (κ1) is 16.4. The highest BCUT2D eigenvalue weighted by Crippen LogP contribution is 2.31. The quantitative estimate of drug-likeness (QED) is 0.788. The fourth-order valence-electron chi connectivity index (χ4n) is 2.37. The number of hydrogen-bond acceptors (Lipinski definition) is 5. The molecule has 0 fully saturated rings. The maximum atomic E-state index is 12.8. The molecule has 0 spiro atoms. The number of benzene rings is 1. The molecule has 1 aromatic carbocycles. The summed E-state index contributed by atoms with van der Waals surface area (Å²) in [6, 6.07) is 3.34. The summed E-state index contributed by atoms with van der Waals surface area (Å²) in [6.45, 7) is 4.03. The number of fused-ring (bicyclic) bond motifs is 1. The number of alkyl halides is 3. The molecule has 1 N–H and O–H groups in total. The molecule has 24 heavy (non-hydrogen) atoms. The summed E-state index contributed by atoms with van der Waals surface area (Å²) in [6.07, 6.45) is -4.37. The number of halogens is 3. The summed E-state index contributed by atoms with van der Waals surface area (Å²) in [5, 5.41) is 3.88. The molecule has 2 heterocycles. The van der Waals surface area contributed by atoms with Gasteiger partial charge in [-0.2, -0.15) is 18.2 Å². The summed E-state index contributed by atoms with van der Waals surface area (Å²) < 4.78 is 43.3. The highest BCUT2D eigenvalue weighted by atomic mass is 19.4. The molecule has 6 nitrogen and oxygen atoms in total. The van der Waals surface area contributed by atoms with Gasteiger partial charge in [0.2, 0.25) is 5.89 Å². The summed E-state index contributed by atoms with van der Waals surface area (Å²) >= 11 is 0. The lowest BCUT2D eigenvalue weighted by molar-refractivity contribution is -0.137. The van der Waals surface area contributed by atoms with Crippen LogP contribution in [0.25, 0.3) is 11.0 Å². The normalized spacial score (nSPS) is 13.8. The minimum atomic E-state index is -4.37. The average Bonchev–Trinajstić information content (AvgIpc) is 3.10. The number of nitrogens with one attached hydrogen (secondary N) is 1. The Morgan fingerprint density at radius 2 is 2.04 bits per heavy atom. The zero-order chi connectivity index (χ0) is 17.5. The van der Waals surface area contributed by atoms with Crippen molar-refractivity contribution in [2.75, 3.05) is 7.05 Å². The van der Waals surface area contributed by atoms with Crippen LogP contribution >= 0.6 is 0 Å². The van der Waals surface area contributed by atoms with Crippen LogP contribution in [0.3, 0.4) is 0 Å². The van der Waals surface area contributed by atoms with Gasteiger partial charge in [0, 0.05) is 6.92 Å². The van der Waals surface area contributed by atoms with E-state index in [1.165, 1.54) is 6.07 Å². The van der Waals surface area contributed by atoms with Gasteiger partial charge in [-0.25, -0.2) is 4.98 Å². The van der Waals surface area contributed by atoms with Crippen molar-refractivity contribution in [3.63, 3.8) is 0 Å². The van der Waals surface area contributed by atoms with Gasteiger partial charge in [0.1, 0.15) is 5.82 Å². The third kappa shape index (κ3) is 3.25. The van der Waals surface area contributed by atoms with Crippen LogP contribution in [0.1, 0.15) is 36.1 Å². The first-order valence-electron chi connectivity index (χ1n) is 7.30. The Morgan fingerprint density at radius 3 is 2.67 bits per heavy atom. The second kappa shape index (κ2) is 5.90. The van der Waals surface area contributed by atoms with Crippen LogP contribution in [-0.2, 0) is 12.7 Å². The lowest BCUT2D eigenvalue weighted by Gasteiger charge is -2.20. The van der Waals surface area contributed by atoms with Crippen molar-refractivity contribution in [2.45, 2.75) is 32.6 Å². The number of imidazole rings is 1. The predicted octanol–water partition coefficient (Wildman–Crippen LogP) is 3.47. The number of hydrogen-bond donors (Lipinski definition) is 1. The molecular formula is C15H16F3N5O. The highest BCUT2D eigenvalue weighted by molar-refractivity contribution is 5.76. The number of nitrogens with zero attached hydrogens (tertiary/aromatic N) is 4. The molecule has 128 valence electrons. The molecule has 3 rings (SSSR count). The van der Waals surface area contributed by atoms with Crippen molar-refractivity contribution in [1.82, 2.24) is 25.0 Å². The van der Waals surface area contributed by atoms with Crippen LogP contribution < -0.4 is 0 Å². The minimum Gasteiger partial charge on any atom is -0.341 e. The number of aromatic amines is 1. The van der Waals surface area contributed by atoms with Crippen molar-refractivity contribution in [3.05, 3.63) is 41.3 Å². The van der Waals surface area contributed by atoms with E-state index in [1.54, 1.807) is 6.92 Å². The molecule has 9 heteroatoms. The van der Waals surface area contributed by atoms with Crippen LogP contribution in [0.5, 0.6) is 0 Å². The fourth-order valence-corrected chi connectivity index (χ4v) is 2.37. The van der Waals surface area contributed by atoms with E-state index in [0.717, 1.165) is 12.1 Å². The zero-order valence-electron chi connectivity index (χ0n) is 13.3. The Labute approximate surface area is 135 Å². The Bertz CT molecular complexity index is 854. The molecule has 0 aliphatic heterocycles. The molecule has 0 saturated heterocycles. The molecule has 0 aliphatic carbocycles. The van der Waals surface area contributed by atoms with Crippen molar-refractivity contribution in [2.24, 2.45) is 0 Å². The third-order valence-electron chi connectivity index (χ3n) is 3.84. The van der Waals surface area contributed by atoms with Gasteiger partial charge in [0.25, 0.3) is 0 Å². The first-order chi connectivity index (χ1) is 11.2. The molecule has 1 atom stereocenters. The van der Waals surface area contributed by atoms with E-state index in [-0.39, 0.29) is 6.04 Å². The molecule has 0 bridgehead atoms. The predicted molar refractivity (Wildman–Crippen MR) is 80.0 cm³/mol. The van der Waals surface area contributed by atoms with Crippen molar-refractivity contribution < 1.29 is 17.7 Å². The van der Waals surface area contributed by atoms with Gasteiger partial charge >= 0.3 is 6.18 Å². The lowest BCUT2D eigenvalue weighted by Crippen LogP contribution is -2.23. The van der Waals surface area contributed by atoms with Gasteiger partial charge in [-0.1, -0.05) is 5.16 Å². The number of aromatic nitrogens is 4. The maximum Gasteiger partial charge on any atom is 0.416 e.